The number of nitrogens with zero attached hydrogens (tertiary/aromatic N) is 2. The summed E-state index contributed by atoms with van der Waals surface area (Å²) in [6.45, 7) is 7.49. The normalized spacial score (nSPS) is 12.8. The monoisotopic (exact) mass is 271 g/mol. The molecule has 1 aromatic carbocycles. The molecule has 0 aliphatic rings. The Labute approximate surface area is 122 Å². The predicted molar refractivity (Wildman–Crippen MR) is 83.4 cm³/mol. The minimum absolute atomic E-state index is 0.359. The minimum atomic E-state index is 0.359. The first kappa shape index (κ1) is 14.8. The Bertz CT molecular complexity index is 525. The fourth-order valence-electron chi connectivity index (χ4n) is 2.47. The molecule has 2 rings (SSSR count). The number of nitrogens with one attached hydrogen (secondary N) is 1. The SMILES string of the molecule is CCc1ccc(C(NCc2nccn2C)C(C)C)cc1. The van der Waals surface area contributed by atoms with Crippen LogP contribution in [0.4, 0.5) is 0 Å². The fourth-order valence-corrected chi connectivity index (χ4v) is 2.47. The maximum absolute atomic E-state index is 4.37. The Morgan fingerprint density at radius 3 is 2.40 bits per heavy atom. The third-order valence-corrected chi connectivity index (χ3v) is 3.81. The van der Waals surface area contributed by atoms with E-state index in [1.807, 2.05) is 19.4 Å². The van der Waals surface area contributed by atoms with Crippen molar-refractivity contribution in [2.75, 3.05) is 0 Å². The molecule has 0 amide bonds. The van der Waals surface area contributed by atoms with Crippen molar-refractivity contribution in [3.63, 3.8) is 0 Å². The third kappa shape index (κ3) is 3.48. The van der Waals surface area contributed by atoms with Crippen molar-refractivity contribution in [1.29, 1.82) is 0 Å². The molecule has 1 atom stereocenters. The summed E-state index contributed by atoms with van der Waals surface area (Å²) in [6.07, 6.45) is 4.92. The van der Waals surface area contributed by atoms with E-state index in [9.17, 15) is 0 Å². The molecular formula is C17H25N3. The van der Waals surface area contributed by atoms with Gasteiger partial charge in [0.25, 0.3) is 0 Å². The zero-order valence-electron chi connectivity index (χ0n) is 12.9. The summed E-state index contributed by atoms with van der Waals surface area (Å²) < 4.78 is 2.06. The van der Waals surface area contributed by atoms with E-state index >= 15 is 0 Å². The smallest absolute Gasteiger partial charge is 0.122 e. The topological polar surface area (TPSA) is 29.9 Å². The summed E-state index contributed by atoms with van der Waals surface area (Å²) in [5.74, 6) is 1.61. The van der Waals surface area contributed by atoms with Crippen molar-refractivity contribution in [2.24, 2.45) is 13.0 Å². The number of rotatable bonds is 6. The molecule has 0 radical (unpaired) electrons. The number of aryl methyl sites for hydroxylation is 2. The van der Waals surface area contributed by atoms with Gasteiger partial charge in [-0.1, -0.05) is 45.0 Å². The van der Waals surface area contributed by atoms with Crippen LogP contribution in [-0.4, -0.2) is 9.55 Å². The average molecular weight is 271 g/mol. The molecular weight excluding hydrogens is 246 g/mol. The molecule has 0 spiro atoms. The second kappa shape index (κ2) is 6.71. The number of hydrogen-bond acceptors (Lipinski definition) is 2. The van der Waals surface area contributed by atoms with E-state index in [2.05, 4.69) is 59.9 Å². The Kier molecular flexibility index (Phi) is 4.96. The Morgan fingerprint density at radius 1 is 1.20 bits per heavy atom. The molecule has 0 fully saturated rings. The van der Waals surface area contributed by atoms with Crippen molar-refractivity contribution in [1.82, 2.24) is 14.9 Å². The summed E-state index contributed by atoms with van der Waals surface area (Å²) in [6, 6.07) is 9.31. The third-order valence-electron chi connectivity index (χ3n) is 3.81. The van der Waals surface area contributed by atoms with Gasteiger partial charge in [-0.05, 0) is 23.5 Å². The summed E-state index contributed by atoms with van der Waals surface area (Å²) in [5.41, 5.74) is 2.74. The van der Waals surface area contributed by atoms with Crippen LogP contribution in [0.25, 0.3) is 0 Å². The van der Waals surface area contributed by atoms with Gasteiger partial charge in [-0.3, -0.25) is 0 Å². The maximum atomic E-state index is 4.37. The molecule has 1 unspecified atom stereocenters. The van der Waals surface area contributed by atoms with Crippen LogP contribution in [0.1, 0.15) is 43.8 Å². The van der Waals surface area contributed by atoms with E-state index in [1.165, 1.54) is 11.1 Å². The van der Waals surface area contributed by atoms with Crippen LogP contribution in [0.15, 0.2) is 36.7 Å². The van der Waals surface area contributed by atoms with Gasteiger partial charge in [0, 0.05) is 25.5 Å². The van der Waals surface area contributed by atoms with E-state index in [1.54, 1.807) is 0 Å². The van der Waals surface area contributed by atoms with Gasteiger partial charge in [-0.15, -0.1) is 0 Å². The second-order valence-electron chi connectivity index (χ2n) is 5.65. The van der Waals surface area contributed by atoms with Gasteiger partial charge < -0.3 is 9.88 Å². The van der Waals surface area contributed by atoms with E-state index in [4.69, 9.17) is 0 Å². The molecule has 1 N–H and O–H groups in total. The molecule has 1 aromatic heterocycles. The van der Waals surface area contributed by atoms with Gasteiger partial charge >= 0.3 is 0 Å². The number of benzene rings is 1. The minimum Gasteiger partial charge on any atom is -0.337 e. The maximum Gasteiger partial charge on any atom is 0.122 e. The van der Waals surface area contributed by atoms with Crippen LogP contribution in [0.3, 0.4) is 0 Å². The zero-order valence-corrected chi connectivity index (χ0v) is 12.9. The molecule has 2 aromatic rings. The van der Waals surface area contributed by atoms with Crippen LogP contribution in [0, 0.1) is 5.92 Å². The molecule has 1 heterocycles. The summed E-state index contributed by atoms with van der Waals surface area (Å²) in [5, 5.41) is 3.63. The first-order chi connectivity index (χ1) is 9.61. The molecule has 108 valence electrons. The van der Waals surface area contributed by atoms with Gasteiger partial charge in [0.1, 0.15) is 5.82 Å². The lowest BCUT2D eigenvalue weighted by Crippen LogP contribution is -2.26. The van der Waals surface area contributed by atoms with Crippen molar-refractivity contribution in [3.8, 4) is 0 Å². The average Bonchev–Trinajstić information content (AvgIpc) is 2.85. The van der Waals surface area contributed by atoms with Crippen molar-refractivity contribution in [2.45, 2.75) is 39.8 Å². The highest BCUT2D eigenvalue weighted by atomic mass is 15.1. The van der Waals surface area contributed by atoms with Crippen LogP contribution in [0.2, 0.25) is 0 Å². The summed E-state index contributed by atoms with van der Waals surface area (Å²) in [4.78, 5) is 4.37. The number of aromatic nitrogens is 2. The predicted octanol–water partition coefficient (Wildman–Crippen LogP) is 3.47. The molecule has 0 aliphatic heterocycles. The number of hydrogen-bond donors (Lipinski definition) is 1. The molecule has 20 heavy (non-hydrogen) atoms. The largest absolute Gasteiger partial charge is 0.337 e. The zero-order chi connectivity index (χ0) is 14.5. The van der Waals surface area contributed by atoms with Crippen LogP contribution in [-0.2, 0) is 20.0 Å². The van der Waals surface area contributed by atoms with Gasteiger partial charge in [0.2, 0.25) is 0 Å². The number of imidazole rings is 1. The Hall–Kier alpha value is -1.61. The van der Waals surface area contributed by atoms with E-state index in [-0.39, 0.29) is 0 Å². The van der Waals surface area contributed by atoms with Crippen molar-refractivity contribution >= 4 is 0 Å². The van der Waals surface area contributed by atoms with Crippen molar-refractivity contribution in [3.05, 3.63) is 53.6 Å². The van der Waals surface area contributed by atoms with Crippen LogP contribution < -0.4 is 5.32 Å². The quantitative estimate of drug-likeness (QED) is 0.872. The van der Waals surface area contributed by atoms with Crippen molar-refractivity contribution < 1.29 is 0 Å². The van der Waals surface area contributed by atoms with Gasteiger partial charge in [-0.2, -0.15) is 0 Å². The molecule has 3 nitrogen and oxygen atoms in total. The standard InChI is InChI=1S/C17H25N3/c1-5-14-6-8-15(9-7-14)17(13(2)3)19-12-16-18-10-11-20(16)4/h6-11,13,17,19H,5,12H2,1-4H3. The Balaban J connectivity index is 2.08. The van der Waals surface area contributed by atoms with Gasteiger partial charge in [0.15, 0.2) is 0 Å². The summed E-state index contributed by atoms with van der Waals surface area (Å²) in [7, 11) is 2.03. The first-order valence-corrected chi connectivity index (χ1v) is 7.40. The first-order valence-electron chi connectivity index (χ1n) is 7.40. The lowest BCUT2D eigenvalue weighted by molar-refractivity contribution is 0.403. The molecule has 3 heteroatoms. The second-order valence-corrected chi connectivity index (χ2v) is 5.65. The van der Waals surface area contributed by atoms with E-state index in [0.29, 0.717) is 12.0 Å². The Morgan fingerprint density at radius 2 is 1.90 bits per heavy atom. The van der Waals surface area contributed by atoms with Gasteiger partial charge in [-0.25, -0.2) is 4.98 Å². The lowest BCUT2D eigenvalue weighted by Gasteiger charge is -2.23. The summed E-state index contributed by atoms with van der Waals surface area (Å²) >= 11 is 0. The lowest BCUT2D eigenvalue weighted by atomic mass is 9.95. The van der Waals surface area contributed by atoms with E-state index in [0.717, 1.165) is 18.8 Å². The highest BCUT2D eigenvalue weighted by molar-refractivity contribution is 5.25. The fraction of sp³-hybridized carbons (Fsp3) is 0.471. The van der Waals surface area contributed by atoms with Gasteiger partial charge in [0.05, 0.1) is 6.54 Å². The molecule has 0 bridgehead atoms. The highest BCUT2D eigenvalue weighted by Crippen LogP contribution is 2.22. The molecule has 0 saturated carbocycles. The highest BCUT2D eigenvalue weighted by Gasteiger charge is 2.15. The van der Waals surface area contributed by atoms with E-state index < -0.39 is 0 Å². The molecule has 0 saturated heterocycles. The van der Waals surface area contributed by atoms with Crippen LogP contribution in [0.5, 0.6) is 0 Å². The molecule has 0 aliphatic carbocycles. The van der Waals surface area contributed by atoms with Crippen LogP contribution >= 0.6 is 0 Å².